The van der Waals surface area contributed by atoms with Crippen LogP contribution in [0.1, 0.15) is 18.1 Å². The quantitative estimate of drug-likeness (QED) is 0.754. The van der Waals surface area contributed by atoms with Crippen LogP contribution in [0.15, 0.2) is 23.2 Å². The second-order valence-electron chi connectivity index (χ2n) is 4.35. The summed E-state index contributed by atoms with van der Waals surface area (Å²) in [7, 11) is -3.78. The van der Waals surface area contributed by atoms with Crippen molar-refractivity contribution < 1.29 is 8.42 Å². The molecule has 1 aromatic heterocycles. The lowest BCUT2D eigenvalue weighted by molar-refractivity contribution is 0.600. The summed E-state index contributed by atoms with van der Waals surface area (Å²) in [5.41, 5.74) is 7.32. The van der Waals surface area contributed by atoms with E-state index < -0.39 is 10.0 Å². The van der Waals surface area contributed by atoms with Crippen LogP contribution >= 0.6 is 11.6 Å². The molecule has 1 heterocycles. The van der Waals surface area contributed by atoms with Crippen molar-refractivity contribution in [3.05, 3.63) is 34.5 Å². The molecule has 1 aromatic carbocycles. The number of sulfonamides is 1. The number of nitrogens with one attached hydrogen (secondary N) is 2. The van der Waals surface area contributed by atoms with Gasteiger partial charge in [-0.15, -0.1) is 0 Å². The van der Waals surface area contributed by atoms with Crippen LogP contribution in [-0.2, 0) is 16.4 Å². The second-order valence-corrected chi connectivity index (χ2v) is 6.43. The molecule has 0 aliphatic heterocycles. The Bertz CT molecular complexity index is 740. The molecule has 6 nitrogen and oxygen atoms in total. The number of rotatable bonds is 4. The summed E-state index contributed by atoms with van der Waals surface area (Å²) in [5, 5.41) is 6.72. The van der Waals surface area contributed by atoms with Gasteiger partial charge in [-0.3, -0.25) is 9.82 Å². The number of hydrogen-bond donors (Lipinski definition) is 3. The molecule has 4 N–H and O–H groups in total. The van der Waals surface area contributed by atoms with Crippen LogP contribution in [0.2, 0.25) is 5.02 Å². The average Bonchev–Trinajstić information content (AvgIpc) is 2.80. The van der Waals surface area contributed by atoms with Gasteiger partial charge in [0.05, 0.1) is 11.1 Å². The molecule has 0 aliphatic carbocycles. The van der Waals surface area contributed by atoms with E-state index in [1.165, 1.54) is 12.1 Å². The van der Waals surface area contributed by atoms with E-state index in [0.29, 0.717) is 23.5 Å². The third kappa shape index (κ3) is 2.73. The Kier molecular flexibility index (Phi) is 3.92. The number of hydrogen-bond acceptors (Lipinski definition) is 4. The minimum atomic E-state index is -3.78. The van der Waals surface area contributed by atoms with E-state index in [4.69, 9.17) is 17.3 Å². The Morgan fingerprint density at radius 2 is 2.15 bits per heavy atom. The summed E-state index contributed by atoms with van der Waals surface area (Å²) in [4.78, 5) is 0.0548. The molecule has 2 aromatic rings. The van der Waals surface area contributed by atoms with Gasteiger partial charge in [-0.05, 0) is 31.0 Å². The van der Waals surface area contributed by atoms with E-state index in [1.807, 2.05) is 6.92 Å². The van der Waals surface area contributed by atoms with Crippen LogP contribution in [0, 0.1) is 6.92 Å². The first-order valence-corrected chi connectivity index (χ1v) is 7.82. The van der Waals surface area contributed by atoms with Crippen molar-refractivity contribution in [1.82, 2.24) is 10.2 Å². The van der Waals surface area contributed by atoms with E-state index in [9.17, 15) is 8.42 Å². The minimum Gasteiger partial charge on any atom is -0.398 e. The van der Waals surface area contributed by atoms with E-state index >= 15 is 0 Å². The summed E-state index contributed by atoms with van der Waals surface area (Å²) < 4.78 is 27.3. The van der Waals surface area contributed by atoms with Crippen molar-refractivity contribution in [3.8, 4) is 0 Å². The monoisotopic (exact) mass is 314 g/mol. The minimum absolute atomic E-state index is 0.0548. The van der Waals surface area contributed by atoms with Gasteiger partial charge in [0.15, 0.2) is 0 Å². The fourth-order valence-corrected chi connectivity index (χ4v) is 3.46. The number of nitrogens with two attached hydrogens (primary N) is 1. The number of benzene rings is 1. The summed E-state index contributed by atoms with van der Waals surface area (Å²) in [6.45, 7) is 3.54. The lowest BCUT2D eigenvalue weighted by atomic mass is 10.2. The number of nitrogens with zero attached hydrogens (tertiary/aromatic N) is 1. The zero-order chi connectivity index (χ0) is 14.9. The van der Waals surface area contributed by atoms with Gasteiger partial charge in [-0.25, -0.2) is 8.42 Å². The van der Waals surface area contributed by atoms with Crippen LogP contribution in [0.5, 0.6) is 0 Å². The molecular formula is C12H15ClN4O2S. The highest BCUT2D eigenvalue weighted by Crippen LogP contribution is 2.27. The van der Waals surface area contributed by atoms with Gasteiger partial charge in [0.1, 0.15) is 5.82 Å². The largest absolute Gasteiger partial charge is 0.398 e. The van der Waals surface area contributed by atoms with Gasteiger partial charge in [0, 0.05) is 16.3 Å². The molecule has 108 valence electrons. The lowest BCUT2D eigenvalue weighted by Crippen LogP contribution is -2.16. The summed E-state index contributed by atoms with van der Waals surface area (Å²) >= 11 is 5.88. The van der Waals surface area contributed by atoms with Crippen molar-refractivity contribution in [2.45, 2.75) is 25.2 Å². The van der Waals surface area contributed by atoms with Crippen LogP contribution in [-0.4, -0.2) is 18.6 Å². The van der Waals surface area contributed by atoms with E-state index in [0.717, 1.165) is 5.56 Å². The highest BCUT2D eigenvalue weighted by molar-refractivity contribution is 7.92. The van der Waals surface area contributed by atoms with Crippen LogP contribution in [0.4, 0.5) is 11.5 Å². The zero-order valence-electron chi connectivity index (χ0n) is 11.1. The Morgan fingerprint density at radius 3 is 2.80 bits per heavy atom. The Hall–Kier alpha value is -1.73. The van der Waals surface area contributed by atoms with Crippen molar-refractivity contribution in [2.75, 3.05) is 10.5 Å². The molecule has 0 saturated carbocycles. The van der Waals surface area contributed by atoms with E-state index in [-0.39, 0.29) is 9.92 Å². The molecular weight excluding hydrogens is 300 g/mol. The first kappa shape index (κ1) is 14.7. The number of aromatic nitrogens is 2. The molecule has 0 radical (unpaired) electrons. The van der Waals surface area contributed by atoms with Crippen molar-refractivity contribution in [2.24, 2.45) is 0 Å². The SMILES string of the molecule is CCc1cn[nH]c1NS(=O)(=O)c1cc(Cl)cc(N)c1C. The first-order valence-electron chi connectivity index (χ1n) is 5.96. The number of nitrogen functional groups attached to an aromatic ring is 1. The number of aromatic amines is 1. The van der Waals surface area contributed by atoms with Gasteiger partial charge < -0.3 is 5.73 Å². The molecule has 0 amide bonds. The molecule has 0 saturated heterocycles. The Balaban J connectivity index is 2.46. The zero-order valence-corrected chi connectivity index (χ0v) is 12.6. The Morgan fingerprint density at radius 1 is 1.45 bits per heavy atom. The summed E-state index contributed by atoms with van der Waals surface area (Å²) in [6, 6.07) is 2.89. The number of aryl methyl sites for hydroxylation is 1. The van der Waals surface area contributed by atoms with Crippen molar-refractivity contribution in [3.63, 3.8) is 0 Å². The third-order valence-electron chi connectivity index (χ3n) is 2.99. The molecule has 0 bridgehead atoms. The fourth-order valence-electron chi connectivity index (χ4n) is 1.81. The molecule has 20 heavy (non-hydrogen) atoms. The third-order valence-corrected chi connectivity index (χ3v) is 4.68. The molecule has 0 unspecified atom stereocenters. The smallest absolute Gasteiger partial charge is 0.263 e. The van der Waals surface area contributed by atoms with Gasteiger partial charge in [-0.1, -0.05) is 18.5 Å². The normalized spacial score (nSPS) is 11.6. The van der Waals surface area contributed by atoms with Crippen LogP contribution < -0.4 is 10.5 Å². The molecule has 0 aliphatic rings. The summed E-state index contributed by atoms with van der Waals surface area (Å²) in [6.07, 6.45) is 2.24. The van der Waals surface area contributed by atoms with Gasteiger partial charge >= 0.3 is 0 Å². The standard InChI is InChI=1S/C12H15ClN4O2S/c1-3-8-6-15-16-12(8)17-20(18,19)11-5-9(13)4-10(14)7(11)2/h4-6H,3,14H2,1-2H3,(H2,15,16,17). The number of anilines is 2. The Labute approximate surface area is 122 Å². The fraction of sp³-hybridized carbons (Fsp3) is 0.250. The predicted molar refractivity (Wildman–Crippen MR) is 79.4 cm³/mol. The van der Waals surface area contributed by atoms with Crippen LogP contribution in [0.3, 0.4) is 0 Å². The van der Waals surface area contributed by atoms with E-state index in [1.54, 1.807) is 13.1 Å². The maximum atomic E-state index is 12.4. The van der Waals surface area contributed by atoms with Crippen molar-refractivity contribution >= 4 is 33.1 Å². The average molecular weight is 315 g/mol. The van der Waals surface area contributed by atoms with E-state index in [2.05, 4.69) is 14.9 Å². The maximum absolute atomic E-state index is 12.4. The first-order chi connectivity index (χ1) is 9.35. The topological polar surface area (TPSA) is 101 Å². The number of H-pyrrole nitrogens is 1. The number of halogens is 1. The summed E-state index contributed by atoms with van der Waals surface area (Å²) in [5.74, 6) is 0.352. The molecule has 8 heteroatoms. The molecule has 0 spiro atoms. The van der Waals surface area contributed by atoms with Gasteiger partial charge in [0.25, 0.3) is 10.0 Å². The van der Waals surface area contributed by atoms with Crippen molar-refractivity contribution in [1.29, 1.82) is 0 Å². The second kappa shape index (κ2) is 5.34. The highest BCUT2D eigenvalue weighted by Gasteiger charge is 2.21. The molecule has 0 atom stereocenters. The van der Waals surface area contributed by atoms with Gasteiger partial charge in [0.2, 0.25) is 0 Å². The highest BCUT2D eigenvalue weighted by atomic mass is 35.5. The molecule has 2 rings (SSSR count). The predicted octanol–water partition coefficient (Wildman–Crippen LogP) is 2.32. The molecule has 0 fully saturated rings. The van der Waals surface area contributed by atoms with Gasteiger partial charge in [-0.2, -0.15) is 5.10 Å². The lowest BCUT2D eigenvalue weighted by Gasteiger charge is -2.12. The van der Waals surface area contributed by atoms with Crippen LogP contribution in [0.25, 0.3) is 0 Å². The maximum Gasteiger partial charge on any atom is 0.263 e.